The summed E-state index contributed by atoms with van der Waals surface area (Å²) in [6, 6.07) is 13.7. The number of nitrogens with one attached hydrogen (secondary N) is 1. The van der Waals surface area contributed by atoms with Gasteiger partial charge in [0.25, 0.3) is 0 Å². The van der Waals surface area contributed by atoms with Crippen molar-refractivity contribution in [1.29, 1.82) is 0 Å². The number of sulfonamides is 1. The first-order chi connectivity index (χ1) is 21.9. The van der Waals surface area contributed by atoms with Gasteiger partial charge in [-0.1, -0.05) is 18.2 Å². The fourth-order valence-corrected chi connectivity index (χ4v) is 8.42. The van der Waals surface area contributed by atoms with E-state index in [1.165, 1.54) is 23.6 Å². The van der Waals surface area contributed by atoms with Crippen molar-refractivity contribution < 1.29 is 21.6 Å². The van der Waals surface area contributed by atoms with Crippen molar-refractivity contribution in [2.24, 2.45) is 11.3 Å². The summed E-state index contributed by atoms with van der Waals surface area (Å²) in [4.78, 5) is 15.8. The predicted octanol–water partition coefficient (Wildman–Crippen LogP) is 5.77. The zero-order valence-corrected chi connectivity index (χ0v) is 27.6. The van der Waals surface area contributed by atoms with E-state index in [1.807, 2.05) is 0 Å². The maximum atomic E-state index is 13.0. The van der Waals surface area contributed by atoms with Crippen LogP contribution in [0.3, 0.4) is 0 Å². The highest BCUT2D eigenvalue weighted by Crippen LogP contribution is 2.44. The van der Waals surface area contributed by atoms with Crippen LogP contribution in [0.15, 0.2) is 48.8 Å². The number of hydrogen-bond acceptors (Lipinski definition) is 7. The van der Waals surface area contributed by atoms with E-state index in [1.54, 1.807) is 19.1 Å². The number of alkyl halides is 3. The second-order valence-electron chi connectivity index (χ2n) is 13.8. The highest BCUT2D eigenvalue weighted by atomic mass is 32.2. The standard InChI is InChI=1S/C34H45F3N6O2S/c1-3-46(44,45)40-28-9-4-25(5-10-28)20-41(2)29-11-6-26(7-12-29)21-42-16-14-33(15-17-42)22-43(23-33)32-30-18-27(19-34(35,36)37)8-13-31(30)38-24-39-32/h6-8,11-13,18,24-25,28,40H,3-5,9-10,14-17,19-23H2,1-2H3. The fourth-order valence-electron chi connectivity index (χ4n) is 7.51. The van der Waals surface area contributed by atoms with Gasteiger partial charge in [0.15, 0.2) is 0 Å². The van der Waals surface area contributed by atoms with Gasteiger partial charge in [-0.05, 0) is 99.8 Å². The molecule has 8 nitrogen and oxygen atoms in total. The Morgan fingerprint density at radius 3 is 2.30 bits per heavy atom. The Hall–Kier alpha value is -2.96. The number of fused-ring (bicyclic) bond motifs is 1. The Morgan fingerprint density at radius 2 is 1.65 bits per heavy atom. The molecule has 6 rings (SSSR count). The maximum absolute atomic E-state index is 13.0. The van der Waals surface area contributed by atoms with E-state index in [0.717, 1.165) is 83.6 Å². The summed E-state index contributed by atoms with van der Waals surface area (Å²) in [7, 11) is -1.01. The quantitative estimate of drug-likeness (QED) is 0.296. The second kappa shape index (κ2) is 13.3. The molecular weight excluding hydrogens is 613 g/mol. The average Bonchev–Trinajstić information content (AvgIpc) is 3.00. The SMILES string of the molecule is CCS(=O)(=O)NC1CCC(CN(C)c2ccc(CN3CCC4(CC3)CN(c3ncnc5ccc(CC(F)(F)F)cc35)C4)cc2)CC1. The molecule has 250 valence electrons. The number of likely N-dealkylation sites (tertiary alicyclic amines) is 1. The molecule has 0 atom stereocenters. The van der Waals surface area contributed by atoms with Crippen molar-refractivity contribution >= 4 is 32.4 Å². The zero-order valence-electron chi connectivity index (χ0n) is 26.8. The Labute approximate surface area is 270 Å². The molecule has 3 fully saturated rings. The monoisotopic (exact) mass is 658 g/mol. The first-order valence-electron chi connectivity index (χ1n) is 16.5. The van der Waals surface area contributed by atoms with Crippen LogP contribution in [-0.4, -0.2) is 81.0 Å². The molecule has 0 unspecified atom stereocenters. The van der Waals surface area contributed by atoms with Gasteiger partial charge in [0.05, 0.1) is 17.7 Å². The Balaban J connectivity index is 0.961. The molecular formula is C34H45F3N6O2S. The van der Waals surface area contributed by atoms with E-state index >= 15 is 0 Å². The number of nitrogens with zero attached hydrogens (tertiary/aromatic N) is 5. The summed E-state index contributed by atoms with van der Waals surface area (Å²) in [5.41, 5.74) is 3.63. The molecule has 1 aliphatic carbocycles. The van der Waals surface area contributed by atoms with Crippen molar-refractivity contribution in [3.05, 3.63) is 59.9 Å². The molecule has 12 heteroatoms. The molecule has 1 aromatic heterocycles. The normalized spacial score (nSPS) is 22.2. The van der Waals surface area contributed by atoms with Gasteiger partial charge in [-0.15, -0.1) is 0 Å². The number of aromatic nitrogens is 2. The third-order valence-electron chi connectivity index (χ3n) is 10.2. The second-order valence-corrected chi connectivity index (χ2v) is 15.8. The summed E-state index contributed by atoms with van der Waals surface area (Å²) < 4.78 is 65.6. The molecule has 0 radical (unpaired) electrons. The molecule has 46 heavy (non-hydrogen) atoms. The number of hydrogen-bond donors (Lipinski definition) is 1. The number of rotatable bonds is 10. The minimum Gasteiger partial charge on any atom is -0.374 e. The molecule has 0 bridgehead atoms. The molecule has 1 spiro atoms. The van der Waals surface area contributed by atoms with Gasteiger partial charge in [0.2, 0.25) is 10.0 Å². The summed E-state index contributed by atoms with van der Waals surface area (Å²) in [6.45, 7) is 7.34. The number of halogens is 3. The fraction of sp³-hybridized carbons (Fsp3) is 0.588. The van der Waals surface area contributed by atoms with Crippen molar-refractivity contribution in [2.75, 3.05) is 55.3 Å². The molecule has 1 N–H and O–H groups in total. The van der Waals surface area contributed by atoms with Crippen LogP contribution in [0.2, 0.25) is 0 Å². The van der Waals surface area contributed by atoms with Crippen molar-refractivity contribution in [1.82, 2.24) is 19.6 Å². The van der Waals surface area contributed by atoms with Crippen LogP contribution in [0.1, 0.15) is 56.6 Å². The average molecular weight is 659 g/mol. The lowest BCUT2D eigenvalue weighted by Crippen LogP contribution is -2.60. The van der Waals surface area contributed by atoms with Gasteiger partial charge in [-0.25, -0.2) is 23.1 Å². The molecule has 1 saturated carbocycles. The third-order valence-corrected chi connectivity index (χ3v) is 11.7. The summed E-state index contributed by atoms with van der Waals surface area (Å²) >= 11 is 0. The smallest absolute Gasteiger partial charge is 0.374 e. The van der Waals surface area contributed by atoms with Gasteiger partial charge < -0.3 is 9.80 Å². The molecule has 2 aliphatic heterocycles. The molecule has 3 heterocycles. The number of anilines is 2. The van der Waals surface area contributed by atoms with E-state index in [0.29, 0.717) is 16.8 Å². The lowest BCUT2D eigenvalue weighted by atomic mass is 9.72. The van der Waals surface area contributed by atoms with Gasteiger partial charge >= 0.3 is 6.18 Å². The van der Waals surface area contributed by atoms with E-state index in [-0.39, 0.29) is 22.8 Å². The topological polar surface area (TPSA) is 81.7 Å². The molecule has 2 saturated heterocycles. The predicted molar refractivity (Wildman–Crippen MR) is 177 cm³/mol. The highest BCUT2D eigenvalue weighted by Gasteiger charge is 2.45. The van der Waals surface area contributed by atoms with Crippen LogP contribution in [0.4, 0.5) is 24.7 Å². The molecule has 0 amide bonds. The minimum absolute atomic E-state index is 0.0700. The Morgan fingerprint density at radius 1 is 0.978 bits per heavy atom. The zero-order chi connectivity index (χ0) is 32.5. The number of benzene rings is 2. The van der Waals surface area contributed by atoms with E-state index in [2.05, 4.69) is 60.7 Å². The van der Waals surface area contributed by atoms with Crippen LogP contribution in [0, 0.1) is 11.3 Å². The maximum Gasteiger partial charge on any atom is 0.393 e. The Kier molecular flexibility index (Phi) is 9.51. The molecule has 3 aliphatic rings. The van der Waals surface area contributed by atoms with Crippen LogP contribution in [-0.2, 0) is 23.0 Å². The van der Waals surface area contributed by atoms with Crippen molar-refractivity contribution in [3.8, 4) is 0 Å². The number of piperidine rings is 1. The van der Waals surface area contributed by atoms with E-state index in [9.17, 15) is 21.6 Å². The summed E-state index contributed by atoms with van der Waals surface area (Å²) in [6.07, 6.45) is 2.35. The summed E-state index contributed by atoms with van der Waals surface area (Å²) in [5, 5.41) is 0.690. The third kappa shape index (κ3) is 7.94. The Bertz CT molecular complexity index is 1590. The van der Waals surface area contributed by atoms with Gasteiger partial charge in [0, 0.05) is 55.8 Å². The van der Waals surface area contributed by atoms with E-state index in [4.69, 9.17) is 0 Å². The lowest BCUT2D eigenvalue weighted by molar-refractivity contribution is -0.127. The first-order valence-corrected chi connectivity index (χ1v) is 18.1. The largest absolute Gasteiger partial charge is 0.393 e. The van der Waals surface area contributed by atoms with Gasteiger partial charge in [-0.2, -0.15) is 13.2 Å². The first kappa shape index (κ1) is 33.0. The van der Waals surface area contributed by atoms with E-state index < -0.39 is 22.6 Å². The van der Waals surface area contributed by atoms with Crippen molar-refractivity contribution in [3.63, 3.8) is 0 Å². The van der Waals surface area contributed by atoms with Crippen LogP contribution in [0.5, 0.6) is 0 Å². The van der Waals surface area contributed by atoms with Gasteiger partial charge in [-0.3, -0.25) is 4.90 Å². The molecule has 2 aromatic carbocycles. The molecule has 3 aromatic rings. The van der Waals surface area contributed by atoms with Crippen LogP contribution >= 0.6 is 0 Å². The lowest BCUT2D eigenvalue weighted by Gasteiger charge is -2.54. The van der Waals surface area contributed by atoms with Gasteiger partial charge in [0.1, 0.15) is 12.1 Å². The summed E-state index contributed by atoms with van der Waals surface area (Å²) in [5.74, 6) is 1.43. The highest BCUT2D eigenvalue weighted by molar-refractivity contribution is 7.89. The minimum atomic E-state index is -4.25. The van der Waals surface area contributed by atoms with Crippen molar-refractivity contribution in [2.45, 2.75) is 70.6 Å². The van der Waals surface area contributed by atoms with Crippen LogP contribution < -0.4 is 14.5 Å². The van der Waals surface area contributed by atoms with Crippen LogP contribution in [0.25, 0.3) is 10.9 Å².